The number of nitrogens with zero attached hydrogens (tertiary/aromatic N) is 2. The van der Waals surface area contributed by atoms with Crippen LogP contribution in [0.2, 0.25) is 0 Å². The quantitative estimate of drug-likeness (QED) is 0.562. The Labute approximate surface area is 190 Å². The molecular formula is C24H27FN4O4. The second kappa shape index (κ2) is 9.36. The Morgan fingerprint density at radius 2 is 1.97 bits per heavy atom. The van der Waals surface area contributed by atoms with Gasteiger partial charge in [-0.3, -0.25) is 4.79 Å². The van der Waals surface area contributed by atoms with Crippen LogP contribution in [0.3, 0.4) is 0 Å². The third kappa shape index (κ3) is 4.65. The van der Waals surface area contributed by atoms with E-state index >= 15 is 0 Å². The fourth-order valence-corrected chi connectivity index (χ4v) is 4.30. The molecule has 0 aliphatic carbocycles. The van der Waals surface area contributed by atoms with E-state index in [1.165, 1.54) is 12.1 Å². The highest BCUT2D eigenvalue weighted by Gasteiger charge is 2.24. The highest BCUT2D eigenvalue weighted by atomic mass is 19.1. The first-order chi connectivity index (χ1) is 16.1. The van der Waals surface area contributed by atoms with Crippen LogP contribution >= 0.6 is 0 Å². The zero-order chi connectivity index (χ0) is 22.8. The molecule has 2 aliphatic heterocycles. The first-order valence-corrected chi connectivity index (χ1v) is 11.3. The van der Waals surface area contributed by atoms with E-state index in [1.54, 1.807) is 24.4 Å². The molecule has 2 saturated heterocycles. The minimum absolute atomic E-state index is 0.00771. The lowest BCUT2D eigenvalue weighted by molar-refractivity contribution is -0.0366. The molecule has 1 atom stereocenters. The maximum atomic E-state index is 14.5. The van der Waals surface area contributed by atoms with Gasteiger partial charge in [-0.2, -0.15) is 5.10 Å². The summed E-state index contributed by atoms with van der Waals surface area (Å²) in [5.74, 6) is -0.643. The van der Waals surface area contributed by atoms with Crippen molar-refractivity contribution >= 4 is 22.5 Å². The molecule has 1 aromatic heterocycles. The molecule has 0 spiro atoms. The van der Waals surface area contributed by atoms with Crippen LogP contribution < -0.4 is 15.8 Å². The number of anilines is 1. The molecule has 174 valence electrons. The van der Waals surface area contributed by atoms with Crippen molar-refractivity contribution in [2.24, 2.45) is 0 Å². The summed E-state index contributed by atoms with van der Waals surface area (Å²) < 4.78 is 33.4. The summed E-state index contributed by atoms with van der Waals surface area (Å²) in [4.78, 5) is 13.3. The van der Waals surface area contributed by atoms with Crippen LogP contribution in [-0.4, -0.2) is 41.6 Å². The van der Waals surface area contributed by atoms with E-state index in [1.807, 2.05) is 4.68 Å². The second-order valence-corrected chi connectivity index (χ2v) is 8.47. The lowest BCUT2D eigenvalue weighted by atomic mass is 10.1. The maximum absolute atomic E-state index is 14.5. The third-order valence-electron chi connectivity index (χ3n) is 6.10. The summed E-state index contributed by atoms with van der Waals surface area (Å²) in [5, 5.41) is 8.35. The van der Waals surface area contributed by atoms with Gasteiger partial charge in [0.2, 0.25) is 0 Å². The highest BCUT2D eigenvalue weighted by molar-refractivity contribution is 6.01. The number of benzene rings is 2. The molecule has 2 aromatic carbocycles. The fraction of sp³-hybridized carbons (Fsp3) is 0.417. The van der Waals surface area contributed by atoms with Gasteiger partial charge < -0.3 is 25.3 Å². The number of aromatic nitrogens is 2. The van der Waals surface area contributed by atoms with E-state index in [0.29, 0.717) is 31.1 Å². The van der Waals surface area contributed by atoms with Crippen LogP contribution in [-0.2, 0) is 9.47 Å². The normalized spacial score (nSPS) is 19.5. The zero-order valence-corrected chi connectivity index (χ0v) is 18.3. The van der Waals surface area contributed by atoms with Gasteiger partial charge in [-0.05, 0) is 56.4 Å². The van der Waals surface area contributed by atoms with Gasteiger partial charge in [-0.25, -0.2) is 9.07 Å². The Morgan fingerprint density at radius 1 is 1.12 bits per heavy atom. The number of ether oxygens (including phenoxy) is 3. The van der Waals surface area contributed by atoms with Gasteiger partial charge in [0.05, 0.1) is 17.3 Å². The van der Waals surface area contributed by atoms with Crippen molar-refractivity contribution in [3.05, 3.63) is 47.9 Å². The highest BCUT2D eigenvalue weighted by Crippen LogP contribution is 2.34. The van der Waals surface area contributed by atoms with Gasteiger partial charge in [0.1, 0.15) is 5.75 Å². The molecular weight excluding hydrogens is 427 g/mol. The fourth-order valence-electron chi connectivity index (χ4n) is 4.30. The predicted octanol–water partition coefficient (Wildman–Crippen LogP) is 4.16. The standard InChI is InChI=1S/C24H27FN4O4/c25-19-12-16(26)4-5-21(19)33-22-11-15-14-27-29(23-3-1-2-8-32-23)20(15)13-18(22)24(30)28-17-6-9-31-10-7-17/h4-5,11-14,17,23H,1-3,6-10,26H2,(H,28,30). The van der Waals surface area contributed by atoms with E-state index in [4.69, 9.17) is 19.9 Å². The van der Waals surface area contributed by atoms with Crippen LogP contribution in [0.5, 0.6) is 11.5 Å². The van der Waals surface area contributed by atoms with Crippen molar-refractivity contribution in [3.63, 3.8) is 0 Å². The molecule has 0 radical (unpaired) electrons. The zero-order valence-electron chi connectivity index (χ0n) is 18.3. The SMILES string of the molecule is Nc1ccc(Oc2cc3cnn(C4CCCCO4)c3cc2C(=O)NC2CCOCC2)c(F)c1. The van der Waals surface area contributed by atoms with Gasteiger partial charge >= 0.3 is 0 Å². The molecule has 3 N–H and O–H groups in total. The Hall–Kier alpha value is -3.17. The van der Waals surface area contributed by atoms with E-state index < -0.39 is 5.82 Å². The number of amides is 1. The molecule has 3 heterocycles. The van der Waals surface area contributed by atoms with Crippen LogP contribution in [0.1, 0.15) is 48.7 Å². The lowest BCUT2D eigenvalue weighted by Gasteiger charge is -2.24. The monoisotopic (exact) mass is 454 g/mol. The Morgan fingerprint density at radius 3 is 2.73 bits per heavy atom. The van der Waals surface area contributed by atoms with E-state index in [0.717, 1.165) is 43.0 Å². The van der Waals surface area contributed by atoms with Crippen molar-refractivity contribution in [2.45, 2.75) is 44.4 Å². The van der Waals surface area contributed by atoms with E-state index in [-0.39, 0.29) is 29.7 Å². The smallest absolute Gasteiger partial charge is 0.255 e. The molecule has 0 saturated carbocycles. The topological polar surface area (TPSA) is 101 Å². The number of fused-ring (bicyclic) bond motifs is 1. The van der Waals surface area contributed by atoms with Gasteiger partial charge in [0, 0.05) is 43.0 Å². The maximum Gasteiger partial charge on any atom is 0.255 e. The minimum atomic E-state index is -0.600. The van der Waals surface area contributed by atoms with Crippen molar-refractivity contribution in [1.82, 2.24) is 15.1 Å². The summed E-state index contributed by atoms with van der Waals surface area (Å²) in [6, 6.07) is 7.67. The lowest BCUT2D eigenvalue weighted by Crippen LogP contribution is -2.39. The Kier molecular flexibility index (Phi) is 6.15. The van der Waals surface area contributed by atoms with Crippen molar-refractivity contribution in [1.29, 1.82) is 0 Å². The molecule has 0 bridgehead atoms. The van der Waals surface area contributed by atoms with Gasteiger partial charge in [0.25, 0.3) is 5.91 Å². The second-order valence-electron chi connectivity index (χ2n) is 8.47. The van der Waals surface area contributed by atoms with Crippen molar-refractivity contribution < 1.29 is 23.4 Å². The van der Waals surface area contributed by atoms with Gasteiger partial charge in [-0.1, -0.05) is 0 Å². The molecule has 33 heavy (non-hydrogen) atoms. The number of nitrogen functional groups attached to an aromatic ring is 1. The van der Waals surface area contributed by atoms with Gasteiger partial charge in [-0.15, -0.1) is 0 Å². The summed E-state index contributed by atoms with van der Waals surface area (Å²) in [5.41, 5.74) is 7.03. The van der Waals surface area contributed by atoms with E-state index in [2.05, 4.69) is 10.4 Å². The summed E-state index contributed by atoms with van der Waals surface area (Å²) in [6.45, 7) is 1.90. The number of hydrogen-bond acceptors (Lipinski definition) is 6. The first-order valence-electron chi connectivity index (χ1n) is 11.3. The molecule has 3 aromatic rings. The van der Waals surface area contributed by atoms with E-state index in [9.17, 15) is 9.18 Å². The summed E-state index contributed by atoms with van der Waals surface area (Å²) in [7, 11) is 0. The molecule has 2 fully saturated rings. The largest absolute Gasteiger partial charge is 0.453 e. The Balaban J connectivity index is 1.53. The average Bonchev–Trinajstić information content (AvgIpc) is 3.24. The molecule has 5 rings (SSSR count). The molecule has 1 amide bonds. The number of nitrogens with two attached hydrogens (primary N) is 1. The van der Waals surface area contributed by atoms with Crippen molar-refractivity contribution in [2.75, 3.05) is 25.6 Å². The Bertz CT molecular complexity index is 1150. The number of halogens is 1. The van der Waals surface area contributed by atoms with Crippen LogP contribution in [0.15, 0.2) is 36.5 Å². The number of nitrogens with one attached hydrogen (secondary N) is 1. The number of rotatable bonds is 5. The van der Waals surface area contributed by atoms with Gasteiger partial charge in [0.15, 0.2) is 17.8 Å². The molecule has 2 aliphatic rings. The average molecular weight is 455 g/mol. The molecule has 9 heteroatoms. The van der Waals surface area contributed by atoms with Crippen LogP contribution in [0.25, 0.3) is 10.9 Å². The minimum Gasteiger partial charge on any atom is -0.453 e. The predicted molar refractivity (Wildman–Crippen MR) is 121 cm³/mol. The number of carbonyl (C=O) groups excluding carboxylic acids is 1. The first kappa shape index (κ1) is 21.7. The molecule has 1 unspecified atom stereocenters. The van der Waals surface area contributed by atoms with Crippen LogP contribution in [0, 0.1) is 5.82 Å². The van der Waals surface area contributed by atoms with Crippen molar-refractivity contribution in [3.8, 4) is 11.5 Å². The number of hydrogen-bond donors (Lipinski definition) is 2. The molecule has 8 nitrogen and oxygen atoms in total. The number of carbonyl (C=O) groups is 1. The van der Waals surface area contributed by atoms with Crippen LogP contribution in [0.4, 0.5) is 10.1 Å². The summed E-state index contributed by atoms with van der Waals surface area (Å²) in [6.07, 6.45) is 5.95. The summed E-state index contributed by atoms with van der Waals surface area (Å²) >= 11 is 0. The third-order valence-corrected chi connectivity index (χ3v) is 6.10.